The van der Waals surface area contributed by atoms with E-state index in [0.717, 1.165) is 6.42 Å². The number of hydrogen-bond acceptors (Lipinski definition) is 5. The summed E-state index contributed by atoms with van der Waals surface area (Å²) in [5.74, 6) is -0.809. The van der Waals surface area contributed by atoms with Gasteiger partial charge in [0.2, 0.25) is 5.82 Å². The van der Waals surface area contributed by atoms with Crippen LogP contribution in [0.2, 0.25) is 0 Å². The van der Waals surface area contributed by atoms with Crippen molar-refractivity contribution in [2.45, 2.75) is 6.42 Å². The van der Waals surface area contributed by atoms with Gasteiger partial charge in [-0.15, -0.1) is 0 Å². The Morgan fingerprint density at radius 2 is 2.17 bits per heavy atom. The standard InChI is InChI=1S/C10H15N5O3/c16-8(17)6-14-2-1-3-15(5-4-14)10(18)9-11-7-12-13-9/h7H,1-6H2,(H,16,17)(H,11,12,13). The van der Waals surface area contributed by atoms with E-state index in [1.807, 2.05) is 4.90 Å². The molecule has 1 aliphatic heterocycles. The lowest BCUT2D eigenvalue weighted by Crippen LogP contribution is -2.37. The fourth-order valence-corrected chi connectivity index (χ4v) is 1.98. The third-order valence-corrected chi connectivity index (χ3v) is 2.85. The summed E-state index contributed by atoms with van der Waals surface area (Å²) in [5.41, 5.74) is 0. The van der Waals surface area contributed by atoms with Gasteiger partial charge in [-0.1, -0.05) is 0 Å². The molecule has 0 aromatic carbocycles. The van der Waals surface area contributed by atoms with Crippen molar-refractivity contribution in [3.05, 3.63) is 12.2 Å². The molecule has 0 unspecified atom stereocenters. The number of H-pyrrole nitrogens is 1. The molecular weight excluding hydrogens is 238 g/mol. The molecule has 0 saturated carbocycles. The third-order valence-electron chi connectivity index (χ3n) is 2.85. The van der Waals surface area contributed by atoms with Crippen LogP contribution in [0.5, 0.6) is 0 Å². The first-order chi connectivity index (χ1) is 8.66. The minimum atomic E-state index is -0.843. The Morgan fingerprint density at radius 1 is 1.33 bits per heavy atom. The van der Waals surface area contributed by atoms with E-state index in [9.17, 15) is 9.59 Å². The van der Waals surface area contributed by atoms with Gasteiger partial charge in [0, 0.05) is 26.2 Å². The Balaban J connectivity index is 1.93. The second kappa shape index (κ2) is 5.58. The molecule has 2 heterocycles. The van der Waals surface area contributed by atoms with E-state index < -0.39 is 5.97 Å². The van der Waals surface area contributed by atoms with E-state index in [1.54, 1.807) is 4.90 Å². The van der Waals surface area contributed by atoms with Crippen LogP contribution in [0.25, 0.3) is 0 Å². The summed E-state index contributed by atoms with van der Waals surface area (Å²) < 4.78 is 0. The number of carboxylic acid groups (broad SMARTS) is 1. The fourth-order valence-electron chi connectivity index (χ4n) is 1.98. The maximum Gasteiger partial charge on any atom is 0.317 e. The molecule has 0 atom stereocenters. The monoisotopic (exact) mass is 253 g/mol. The summed E-state index contributed by atoms with van der Waals surface area (Å²) in [4.78, 5) is 30.0. The lowest BCUT2D eigenvalue weighted by atomic mass is 10.3. The van der Waals surface area contributed by atoms with Crippen LogP contribution in [0, 0.1) is 0 Å². The SMILES string of the molecule is O=C(O)CN1CCCN(C(=O)c2ncn[nH]2)CC1. The third kappa shape index (κ3) is 3.04. The zero-order valence-corrected chi connectivity index (χ0v) is 9.87. The van der Waals surface area contributed by atoms with Crippen LogP contribution in [0.15, 0.2) is 6.33 Å². The molecule has 0 spiro atoms. The lowest BCUT2D eigenvalue weighted by Gasteiger charge is -2.19. The van der Waals surface area contributed by atoms with Crippen molar-refractivity contribution in [3.8, 4) is 0 Å². The molecule has 1 amide bonds. The largest absolute Gasteiger partial charge is 0.480 e. The summed E-state index contributed by atoms with van der Waals surface area (Å²) in [5, 5.41) is 14.9. The summed E-state index contributed by atoms with van der Waals surface area (Å²) in [6.07, 6.45) is 2.05. The number of aliphatic carboxylic acids is 1. The Labute approximate surface area is 104 Å². The van der Waals surface area contributed by atoms with Crippen molar-refractivity contribution in [2.75, 3.05) is 32.7 Å². The molecular formula is C10H15N5O3. The smallest absolute Gasteiger partial charge is 0.317 e. The summed E-state index contributed by atoms with van der Waals surface area (Å²) >= 11 is 0. The molecule has 2 rings (SSSR count). The molecule has 0 radical (unpaired) electrons. The maximum absolute atomic E-state index is 12.0. The number of carbonyl (C=O) groups is 2. The first kappa shape index (κ1) is 12.5. The van der Waals surface area contributed by atoms with Gasteiger partial charge in [0.1, 0.15) is 6.33 Å². The molecule has 18 heavy (non-hydrogen) atoms. The highest BCUT2D eigenvalue weighted by Gasteiger charge is 2.22. The van der Waals surface area contributed by atoms with E-state index in [2.05, 4.69) is 15.2 Å². The van der Waals surface area contributed by atoms with Crippen molar-refractivity contribution in [1.29, 1.82) is 0 Å². The summed E-state index contributed by atoms with van der Waals surface area (Å²) in [7, 11) is 0. The number of nitrogens with one attached hydrogen (secondary N) is 1. The molecule has 0 bridgehead atoms. The summed E-state index contributed by atoms with van der Waals surface area (Å²) in [6, 6.07) is 0. The van der Waals surface area contributed by atoms with Gasteiger partial charge in [-0.25, -0.2) is 4.98 Å². The lowest BCUT2D eigenvalue weighted by molar-refractivity contribution is -0.138. The number of nitrogens with zero attached hydrogens (tertiary/aromatic N) is 4. The average molecular weight is 253 g/mol. The Hall–Kier alpha value is -1.96. The minimum Gasteiger partial charge on any atom is -0.480 e. The van der Waals surface area contributed by atoms with Gasteiger partial charge in [0.25, 0.3) is 5.91 Å². The van der Waals surface area contributed by atoms with Gasteiger partial charge in [-0.3, -0.25) is 19.6 Å². The van der Waals surface area contributed by atoms with E-state index in [1.165, 1.54) is 6.33 Å². The Kier molecular flexibility index (Phi) is 3.88. The van der Waals surface area contributed by atoms with Gasteiger partial charge in [0.15, 0.2) is 0 Å². The maximum atomic E-state index is 12.0. The van der Waals surface area contributed by atoms with Crippen LogP contribution in [0.3, 0.4) is 0 Å². The molecule has 1 aromatic rings. The molecule has 1 aromatic heterocycles. The molecule has 8 heteroatoms. The minimum absolute atomic E-state index is 0.0182. The number of carbonyl (C=O) groups excluding carboxylic acids is 1. The van der Waals surface area contributed by atoms with Gasteiger partial charge in [0.05, 0.1) is 6.54 Å². The number of carboxylic acids is 1. The molecule has 8 nitrogen and oxygen atoms in total. The quantitative estimate of drug-likeness (QED) is 0.719. The van der Waals surface area contributed by atoms with Crippen LogP contribution in [0.4, 0.5) is 0 Å². The summed E-state index contributed by atoms with van der Waals surface area (Å²) in [6.45, 7) is 2.38. The van der Waals surface area contributed by atoms with Crippen LogP contribution in [0.1, 0.15) is 17.0 Å². The Morgan fingerprint density at radius 3 is 2.83 bits per heavy atom. The number of aromatic nitrogens is 3. The first-order valence-electron chi connectivity index (χ1n) is 5.75. The van der Waals surface area contributed by atoms with Crippen molar-refractivity contribution in [3.63, 3.8) is 0 Å². The van der Waals surface area contributed by atoms with Crippen LogP contribution < -0.4 is 0 Å². The van der Waals surface area contributed by atoms with Gasteiger partial charge >= 0.3 is 5.97 Å². The highest BCUT2D eigenvalue weighted by molar-refractivity contribution is 5.90. The van der Waals surface area contributed by atoms with Crippen molar-refractivity contribution >= 4 is 11.9 Å². The highest BCUT2D eigenvalue weighted by atomic mass is 16.4. The molecule has 1 aliphatic rings. The topological polar surface area (TPSA) is 102 Å². The first-order valence-corrected chi connectivity index (χ1v) is 5.75. The van der Waals surface area contributed by atoms with Crippen molar-refractivity contribution < 1.29 is 14.7 Å². The second-order valence-corrected chi connectivity index (χ2v) is 4.15. The van der Waals surface area contributed by atoms with Gasteiger partial charge < -0.3 is 10.0 Å². The Bertz CT molecular complexity index is 419. The van der Waals surface area contributed by atoms with Gasteiger partial charge in [-0.05, 0) is 6.42 Å². The number of hydrogen-bond donors (Lipinski definition) is 2. The predicted molar refractivity (Wildman–Crippen MR) is 61.0 cm³/mol. The van der Waals surface area contributed by atoms with Crippen LogP contribution >= 0.6 is 0 Å². The number of aromatic amines is 1. The number of amides is 1. The molecule has 1 saturated heterocycles. The van der Waals surface area contributed by atoms with Gasteiger partial charge in [-0.2, -0.15) is 5.10 Å². The molecule has 98 valence electrons. The zero-order chi connectivity index (χ0) is 13.0. The van der Waals surface area contributed by atoms with Crippen LogP contribution in [-0.2, 0) is 4.79 Å². The van der Waals surface area contributed by atoms with Crippen LogP contribution in [-0.4, -0.2) is 74.7 Å². The zero-order valence-electron chi connectivity index (χ0n) is 9.87. The predicted octanol–water partition coefficient (Wildman–Crippen LogP) is -0.963. The molecule has 0 aliphatic carbocycles. The second-order valence-electron chi connectivity index (χ2n) is 4.15. The van der Waals surface area contributed by atoms with E-state index in [0.29, 0.717) is 26.2 Å². The highest BCUT2D eigenvalue weighted by Crippen LogP contribution is 2.05. The van der Waals surface area contributed by atoms with E-state index in [-0.39, 0.29) is 18.3 Å². The van der Waals surface area contributed by atoms with E-state index >= 15 is 0 Å². The average Bonchev–Trinajstić information content (AvgIpc) is 2.76. The van der Waals surface area contributed by atoms with Crippen molar-refractivity contribution in [2.24, 2.45) is 0 Å². The fraction of sp³-hybridized carbons (Fsp3) is 0.600. The molecule has 2 N–H and O–H groups in total. The number of rotatable bonds is 3. The molecule has 1 fully saturated rings. The van der Waals surface area contributed by atoms with E-state index in [4.69, 9.17) is 5.11 Å². The van der Waals surface area contributed by atoms with Crippen molar-refractivity contribution in [1.82, 2.24) is 25.0 Å². The normalized spacial score (nSPS) is 17.4.